The van der Waals surface area contributed by atoms with E-state index in [1.807, 2.05) is 14.0 Å². The lowest BCUT2D eigenvalue weighted by Crippen LogP contribution is -2.40. The van der Waals surface area contributed by atoms with Gasteiger partial charge >= 0.3 is 0 Å². The fraction of sp³-hybridized carbons (Fsp3) is 0.917. The van der Waals surface area contributed by atoms with Crippen LogP contribution >= 0.6 is 24.0 Å². The molecule has 0 fully saturated rings. The van der Waals surface area contributed by atoms with E-state index in [9.17, 15) is 0 Å². The van der Waals surface area contributed by atoms with Crippen LogP contribution in [0.15, 0.2) is 4.99 Å². The van der Waals surface area contributed by atoms with Crippen molar-refractivity contribution in [2.24, 2.45) is 4.99 Å². The summed E-state index contributed by atoms with van der Waals surface area (Å²) in [5.74, 6) is 0.977. The molecular weight excluding hydrogens is 329 g/mol. The van der Waals surface area contributed by atoms with E-state index in [1.165, 1.54) is 12.8 Å². The molecule has 5 heteroatoms. The van der Waals surface area contributed by atoms with Gasteiger partial charge in [-0.25, -0.2) is 0 Å². The number of rotatable bonds is 8. The predicted molar refractivity (Wildman–Crippen MR) is 85.4 cm³/mol. The molecule has 104 valence electrons. The summed E-state index contributed by atoms with van der Waals surface area (Å²) in [4.78, 5) is 6.42. The van der Waals surface area contributed by atoms with Crippen molar-refractivity contribution in [2.75, 3.05) is 40.4 Å². The lowest BCUT2D eigenvalue weighted by Gasteiger charge is -2.21. The standard InChI is InChI=1S/C12H27N3O.HI/c1-5-7-10-15(4)12(13-3)14-9-8-11-16-6-2;/h5-11H2,1-4H3,(H,13,14);1H. The number of nitrogens with zero attached hydrogens (tertiary/aromatic N) is 2. The van der Waals surface area contributed by atoms with E-state index in [1.54, 1.807) is 0 Å². The van der Waals surface area contributed by atoms with Gasteiger partial charge in [0.15, 0.2) is 5.96 Å². The smallest absolute Gasteiger partial charge is 0.193 e. The first-order chi connectivity index (χ1) is 7.76. The average molecular weight is 357 g/mol. The van der Waals surface area contributed by atoms with Crippen LogP contribution in [0.4, 0.5) is 0 Å². The number of hydrogen-bond donors (Lipinski definition) is 1. The lowest BCUT2D eigenvalue weighted by atomic mass is 10.3. The van der Waals surface area contributed by atoms with Gasteiger partial charge in [-0.05, 0) is 19.8 Å². The van der Waals surface area contributed by atoms with Gasteiger partial charge in [0, 0.05) is 40.4 Å². The monoisotopic (exact) mass is 357 g/mol. The van der Waals surface area contributed by atoms with Crippen molar-refractivity contribution in [3.05, 3.63) is 0 Å². The Morgan fingerprint density at radius 1 is 1.29 bits per heavy atom. The summed E-state index contributed by atoms with van der Waals surface area (Å²) >= 11 is 0. The van der Waals surface area contributed by atoms with Gasteiger partial charge in [-0.15, -0.1) is 24.0 Å². The highest BCUT2D eigenvalue weighted by Crippen LogP contribution is 1.92. The molecule has 0 amide bonds. The molecular formula is C12H28IN3O. The van der Waals surface area contributed by atoms with Gasteiger partial charge in [0.2, 0.25) is 0 Å². The third kappa shape index (κ3) is 10.8. The number of guanidine groups is 1. The maximum atomic E-state index is 5.28. The van der Waals surface area contributed by atoms with Gasteiger partial charge in [-0.3, -0.25) is 4.99 Å². The molecule has 0 aliphatic rings. The van der Waals surface area contributed by atoms with Crippen LogP contribution < -0.4 is 5.32 Å². The highest BCUT2D eigenvalue weighted by atomic mass is 127. The van der Waals surface area contributed by atoms with E-state index in [0.717, 1.165) is 38.7 Å². The zero-order chi connectivity index (χ0) is 12.2. The SMILES string of the molecule is CCCCN(C)C(=NC)NCCCOCC.I. The zero-order valence-corrected chi connectivity index (χ0v) is 14.0. The molecule has 0 radical (unpaired) electrons. The van der Waals surface area contributed by atoms with Crippen molar-refractivity contribution in [1.29, 1.82) is 0 Å². The van der Waals surface area contributed by atoms with E-state index in [0.29, 0.717) is 0 Å². The Hall–Kier alpha value is -0.0400. The number of aliphatic imine (C=N–C) groups is 1. The van der Waals surface area contributed by atoms with Gasteiger partial charge in [0.05, 0.1) is 0 Å². The van der Waals surface area contributed by atoms with E-state index in [4.69, 9.17) is 4.74 Å². The molecule has 0 rings (SSSR count). The van der Waals surface area contributed by atoms with E-state index in [2.05, 4.69) is 29.2 Å². The summed E-state index contributed by atoms with van der Waals surface area (Å²) in [7, 11) is 3.90. The quantitative estimate of drug-likeness (QED) is 0.314. The summed E-state index contributed by atoms with van der Waals surface area (Å²) in [5.41, 5.74) is 0. The third-order valence-corrected chi connectivity index (χ3v) is 2.37. The van der Waals surface area contributed by atoms with Crippen molar-refractivity contribution >= 4 is 29.9 Å². The van der Waals surface area contributed by atoms with Crippen LogP contribution in [-0.2, 0) is 4.74 Å². The van der Waals surface area contributed by atoms with Crippen LogP contribution in [0, 0.1) is 0 Å². The average Bonchev–Trinajstić information content (AvgIpc) is 2.31. The van der Waals surface area contributed by atoms with Crippen LogP contribution in [0.2, 0.25) is 0 Å². The molecule has 0 saturated carbocycles. The molecule has 0 heterocycles. The van der Waals surface area contributed by atoms with E-state index in [-0.39, 0.29) is 24.0 Å². The summed E-state index contributed by atoms with van der Waals surface area (Å²) in [5, 5.41) is 3.33. The summed E-state index contributed by atoms with van der Waals surface area (Å²) in [6, 6.07) is 0. The molecule has 0 aromatic rings. The molecule has 17 heavy (non-hydrogen) atoms. The molecule has 0 atom stereocenters. The molecule has 0 bridgehead atoms. The Bertz CT molecular complexity index is 189. The largest absolute Gasteiger partial charge is 0.382 e. The topological polar surface area (TPSA) is 36.9 Å². The van der Waals surface area contributed by atoms with Crippen LogP contribution in [-0.4, -0.2) is 51.3 Å². The second-order valence-electron chi connectivity index (χ2n) is 3.80. The Morgan fingerprint density at radius 3 is 2.53 bits per heavy atom. The Labute approximate surface area is 123 Å². The van der Waals surface area contributed by atoms with E-state index < -0.39 is 0 Å². The Morgan fingerprint density at radius 2 is 2.00 bits per heavy atom. The fourth-order valence-corrected chi connectivity index (χ4v) is 1.40. The molecule has 4 nitrogen and oxygen atoms in total. The molecule has 0 saturated heterocycles. The first kappa shape index (κ1) is 19.3. The molecule has 0 aromatic heterocycles. The maximum absolute atomic E-state index is 5.28. The highest BCUT2D eigenvalue weighted by Gasteiger charge is 2.03. The minimum Gasteiger partial charge on any atom is -0.382 e. The molecule has 0 aliphatic heterocycles. The minimum absolute atomic E-state index is 0. The van der Waals surface area contributed by atoms with Crippen LogP contribution in [0.25, 0.3) is 0 Å². The van der Waals surface area contributed by atoms with E-state index >= 15 is 0 Å². The number of ether oxygens (including phenoxy) is 1. The lowest BCUT2D eigenvalue weighted by molar-refractivity contribution is 0.145. The number of unbranched alkanes of at least 4 members (excludes halogenated alkanes) is 1. The highest BCUT2D eigenvalue weighted by molar-refractivity contribution is 14.0. The van der Waals surface area contributed by atoms with Crippen molar-refractivity contribution in [3.8, 4) is 0 Å². The summed E-state index contributed by atoms with van der Waals surface area (Å²) in [6.45, 7) is 7.81. The van der Waals surface area contributed by atoms with Crippen molar-refractivity contribution in [2.45, 2.75) is 33.1 Å². The van der Waals surface area contributed by atoms with Crippen molar-refractivity contribution in [1.82, 2.24) is 10.2 Å². The van der Waals surface area contributed by atoms with Gasteiger partial charge in [0.1, 0.15) is 0 Å². The normalized spacial score (nSPS) is 10.9. The maximum Gasteiger partial charge on any atom is 0.193 e. The molecule has 1 N–H and O–H groups in total. The Kier molecular flexibility index (Phi) is 15.9. The first-order valence-electron chi connectivity index (χ1n) is 6.25. The number of halogens is 1. The van der Waals surface area contributed by atoms with Gasteiger partial charge in [-0.1, -0.05) is 13.3 Å². The Balaban J connectivity index is 0. The second kappa shape index (κ2) is 14.0. The van der Waals surface area contributed by atoms with Crippen LogP contribution in [0.1, 0.15) is 33.1 Å². The van der Waals surface area contributed by atoms with Crippen LogP contribution in [0.3, 0.4) is 0 Å². The predicted octanol–water partition coefficient (Wildman–Crippen LogP) is 2.34. The van der Waals surface area contributed by atoms with Crippen LogP contribution in [0.5, 0.6) is 0 Å². The minimum atomic E-state index is 0. The first-order valence-corrected chi connectivity index (χ1v) is 6.25. The number of nitrogens with one attached hydrogen (secondary N) is 1. The zero-order valence-electron chi connectivity index (χ0n) is 11.7. The molecule has 0 aliphatic carbocycles. The third-order valence-electron chi connectivity index (χ3n) is 2.37. The summed E-state index contributed by atoms with van der Waals surface area (Å²) in [6.07, 6.45) is 3.44. The fourth-order valence-electron chi connectivity index (χ4n) is 1.40. The van der Waals surface area contributed by atoms with Crippen molar-refractivity contribution < 1.29 is 4.74 Å². The second-order valence-corrected chi connectivity index (χ2v) is 3.80. The summed E-state index contributed by atoms with van der Waals surface area (Å²) < 4.78 is 5.28. The van der Waals surface area contributed by atoms with Crippen molar-refractivity contribution in [3.63, 3.8) is 0 Å². The molecule has 0 spiro atoms. The van der Waals surface area contributed by atoms with Gasteiger partial charge in [-0.2, -0.15) is 0 Å². The molecule has 0 unspecified atom stereocenters. The van der Waals surface area contributed by atoms with Gasteiger partial charge < -0.3 is 15.0 Å². The van der Waals surface area contributed by atoms with Gasteiger partial charge in [0.25, 0.3) is 0 Å². The number of hydrogen-bond acceptors (Lipinski definition) is 2. The molecule has 0 aromatic carbocycles.